The van der Waals surface area contributed by atoms with E-state index in [0.29, 0.717) is 25.4 Å². The van der Waals surface area contributed by atoms with Crippen LogP contribution >= 0.6 is 0 Å². The van der Waals surface area contributed by atoms with Crippen molar-refractivity contribution in [3.05, 3.63) is 78.2 Å². The monoisotopic (exact) mass is 335 g/mol. The van der Waals surface area contributed by atoms with Crippen molar-refractivity contribution in [2.75, 3.05) is 13.6 Å². The second-order valence-electron chi connectivity index (χ2n) is 5.83. The minimum absolute atomic E-state index is 0.101. The third-order valence-corrected chi connectivity index (χ3v) is 3.84. The number of carbonyl (C=O) groups excluding carboxylic acids is 1. The van der Waals surface area contributed by atoms with Gasteiger partial charge in [-0.15, -0.1) is 0 Å². The lowest BCUT2D eigenvalue weighted by Crippen LogP contribution is -2.37. The fourth-order valence-corrected chi connectivity index (χ4v) is 2.50. The Morgan fingerprint density at radius 3 is 2.48 bits per heavy atom. The molecule has 3 rings (SSSR count). The average molecular weight is 335 g/mol. The topological polar surface area (TPSA) is 58.4 Å². The van der Waals surface area contributed by atoms with Crippen molar-refractivity contribution < 1.29 is 9.21 Å². The van der Waals surface area contributed by atoms with Gasteiger partial charge in [0.2, 0.25) is 5.89 Å². The molecule has 5 nitrogen and oxygen atoms in total. The van der Waals surface area contributed by atoms with Gasteiger partial charge >= 0.3 is 6.03 Å². The van der Waals surface area contributed by atoms with Gasteiger partial charge in [0.15, 0.2) is 0 Å². The second-order valence-corrected chi connectivity index (χ2v) is 5.83. The minimum Gasteiger partial charge on any atom is -0.444 e. The van der Waals surface area contributed by atoms with E-state index < -0.39 is 0 Å². The minimum atomic E-state index is -0.101. The van der Waals surface area contributed by atoms with Crippen molar-refractivity contribution in [2.45, 2.75) is 13.0 Å². The smallest absolute Gasteiger partial charge is 0.317 e. The molecule has 128 valence electrons. The maximum absolute atomic E-state index is 12.1. The van der Waals surface area contributed by atoms with Crippen LogP contribution in [0.5, 0.6) is 0 Å². The Bertz CT molecular complexity index is 800. The van der Waals surface area contributed by atoms with Crippen LogP contribution in [-0.4, -0.2) is 29.5 Å². The molecule has 0 spiro atoms. The molecule has 0 saturated heterocycles. The molecule has 1 N–H and O–H groups in total. The Morgan fingerprint density at radius 2 is 1.76 bits per heavy atom. The molecule has 0 bridgehead atoms. The van der Waals surface area contributed by atoms with Crippen LogP contribution in [0, 0.1) is 0 Å². The van der Waals surface area contributed by atoms with Gasteiger partial charge in [-0.1, -0.05) is 48.5 Å². The maximum Gasteiger partial charge on any atom is 0.317 e. The van der Waals surface area contributed by atoms with Gasteiger partial charge in [-0.25, -0.2) is 9.78 Å². The van der Waals surface area contributed by atoms with Gasteiger partial charge in [-0.3, -0.25) is 0 Å². The summed E-state index contributed by atoms with van der Waals surface area (Å²) in [6.45, 7) is 1.09. The molecule has 0 radical (unpaired) electrons. The first kappa shape index (κ1) is 16.8. The number of rotatable bonds is 6. The van der Waals surface area contributed by atoms with E-state index in [1.165, 1.54) is 0 Å². The number of aromatic nitrogens is 1. The van der Waals surface area contributed by atoms with Crippen molar-refractivity contribution in [1.29, 1.82) is 0 Å². The van der Waals surface area contributed by atoms with E-state index in [4.69, 9.17) is 4.42 Å². The zero-order valence-corrected chi connectivity index (χ0v) is 14.2. The number of nitrogens with zero attached hydrogens (tertiary/aromatic N) is 2. The average Bonchev–Trinajstić information content (AvgIpc) is 3.12. The van der Waals surface area contributed by atoms with E-state index in [1.807, 2.05) is 60.7 Å². The van der Waals surface area contributed by atoms with Crippen LogP contribution in [0.25, 0.3) is 11.5 Å². The predicted octanol–water partition coefficient (Wildman–Crippen LogP) is 3.73. The third-order valence-electron chi connectivity index (χ3n) is 3.84. The van der Waals surface area contributed by atoms with Crippen LogP contribution in [0.1, 0.15) is 11.3 Å². The molecule has 3 aromatic rings. The van der Waals surface area contributed by atoms with Crippen LogP contribution in [0.15, 0.2) is 71.3 Å². The molecule has 2 amide bonds. The SMILES string of the molecule is CN(Cc1ccccc1)C(=O)NCCc1coc(-c2ccccc2)n1. The van der Waals surface area contributed by atoms with Crippen molar-refractivity contribution >= 4 is 6.03 Å². The molecule has 0 atom stereocenters. The predicted molar refractivity (Wildman–Crippen MR) is 97.0 cm³/mol. The summed E-state index contributed by atoms with van der Waals surface area (Å²) >= 11 is 0. The molecule has 0 aliphatic carbocycles. The van der Waals surface area contributed by atoms with E-state index in [9.17, 15) is 4.79 Å². The molecule has 1 aromatic heterocycles. The molecule has 0 aliphatic rings. The number of urea groups is 1. The Labute approximate surface area is 147 Å². The van der Waals surface area contributed by atoms with E-state index in [0.717, 1.165) is 16.8 Å². The lowest BCUT2D eigenvalue weighted by atomic mass is 10.2. The summed E-state index contributed by atoms with van der Waals surface area (Å²) < 4.78 is 5.50. The first-order chi connectivity index (χ1) is 12.2. The first-order valence-electron chi connectivity index (χ1n) is 8.25. The van der Waals surface area contributed by atoms with Crippen LogP contribution in [0.4, 0.5) is 4.79 Å². The summed E-state index contributed by atoms with van der Waals surface area (Å²) in [5, 5.41) is 2.91. The molecular formula is C20H21N3O2. The summed E-state index contributed by atoms with van der Waals surface area (Å²) in [6, 6.07) is 19.6. The van der Waals surface area contributed by atoms with Gasteiger partial charge in [0.1, 0.15) is 6.26 Å². The molecule has 0 aliphatic heterocycles. The Balaban J connectivity index is 1.46. The normalized spacial score (nSPS) is 10.4. The highest BCUT2D eigenvalue weighted by Crippen LogP contribution is 2.17. The second kappa shape index (κ2) is 8.15. The number of hydrogen-bond donors (Lipinski definition) is 1. The highest BCUT2D eigenvalue weighted by atomic mass is 16.3. The number of nitrogens with one attached hydrogen (secondary N) is 1. The molecule has 0 fully saturated rings. The third kappa shape index (κ3) is 4.70. The lowest BCUT2D eigenvalue weighted by Gasteiger charge is -2.17. The van der Waals surface area contributed by atoms with E-state index in [-0.39, 0.29) is 6.03 Å². The molecular weight excluding hydrogens is 314 g/mol. The molecule has 1 heterocycles. The van der Waals surface area contributed by atoms with Gasteiger partial charge in [0.25, 0.3) is 0 Å². The van der Waals surface area contributed by atoms with E-state index in [1.54, 1.807) is 18.2 Å². The molecule has 5 heteroatoms. The zero-order valence-electron chi connectivity index (χ0n) is 14.2. The Hall–Kier alpha value is -3.08. The van der Waals surface area contributed by atoms with Gasteiger partial charge in [0, 0.05) is 32.1 Å². The molecule has 25 heavy (non-hydrogen) atoms. The number of carbonyl (C=O) groups is 1. The van der Waals surface area contributed by atoms with Crippen LogP contribution in [-0.2, 0) is 13.0 Å². The van der Waals surface area contributed by atoms with Gasteiger partial charge < -0.3 is 14.6 Å². The summed E-state index contributed by atoms with van der Waals surface area (Å²) in [7, 11) is 1.78. The Kier molecular flexibility index (Phi) is 5.46. The fourth-order valence-electron chi connectivity index (χ4n) is 2.50. The standard InChI is InChI=1S/C20H21N3O2/c1-23(14-16-8-4-2-5-9-16)20(24)21-13-12-18-15-25-19(22-18)17-10-6-3-7-11-17/h2-11,15H,12-14H2,1H3,(H,21,24). The van der Waals surface area contributed by atoms with Crippen molar-refractivity contribution in [2.24, 2.45) is 0 Å². The highest BCUT2D eigenvalue weighted by molar-refractivity contribution is 5.73. The highest BCUT2D eigenvalue weighted by Gasteiger charge is 2.10. The van der Waals surface area contributed by atoms with E-state index in [2.05, 4.69) is 10.3 Å². The molecule has 0 unspecified atom stereocenters. The number of hydrogen-bond acceptors (Lipinski definition) is 3. The fraction of sp³-hybridized carbons (Fsp3) is 0.200. The molecule has 2 aromatic carbocycles. The van der Waals surface area contributed by atoms with Crippen molar-refractivity contribution in [1.82, 2.24) is 15.2 Å². The maximum atomic E-state index is 12.1. The number of amides is 2. The summed E-state index contributed by atoms with van der Waals surface area (Å²) in [4.78, 5) is 18.3. The quantitative estimate of drug-likeness (QED) is 0.747. The largest absolute Gasteiger partial charge is 0.444 e. The van der Waals surface area contributed by atoms with E-state index >= 15 is 0 Å². The Morgan fingerprint density at radius 1 is 1.08 bits per heavy atom. The van der Waals surface area contributed by atoms with Crippen LogP contribution in [0.2, 0.25) is 0 Å². The van der Waals surface area contributed by atoms with Gasteiger partial charge in [-0.05, 0) is 17.7 Å². The number of oxazole rings is 1. The number of benzene rings is 2. The molecule has 0 saturated carbocycles. The lowest BCUT2D eigenvalue weighted by molar-refractivity contribution is 0.207. The van der Waals surface area contributed by atoms with Crippen LogP contribution < -0.4 is 5.32 Å². The summed E-state index contributed by atoms with van der Waals surface area (Å²) in [6.07, 6.45) is 2.27. The summed E-state index contributed by atoms with van der Waals surface area (Å²) in [5.41, 5.74) is 2.87. The van der Waals surface area contributed by atoms with Gasteiger partial charge in [-0.2, -0.15) is 0 Å². The zero-order chi connectivity index (χ0) is 17.5. The van der Waals surface area contributed by atoms with Crippen molar-refractivity contribution in [3.63, 3.8) is 0 Å². The first-order valence-corrected chi connectivity index (χ1v) is 8.25. The van der Waals surface area contributed by atoms with Crippen LogP contribution in [0.3, 0.4) is 0 Å². The van der Waals surface area contributed by atoms with Gasteiger partial charge in [0.05, 0.1) is 5.69 Å². The van der Waals surface area contributed by atoms with Crippen molar-refractivity contribution in [3.8, 4) is 11.5 Å². The summed E-state index contributed by atoms with van der Waals surface area (Å²) in [5.74, 6) is 0.600.